The van der Waals surface area contributed by atoms with Crippen LogP contribution in [0.25, 0.3) is 0 Å². The quantitative estimate of drug-likeness (QED) is 0.506. The molecule has 2 heterocycles. The molecule has 1 aromatic heterocycles. The lowest BCUT2D eigenvalue weighted by Crippen LogP contribution is -2.46. The molecule has 0 fully saturated rings. The molecule has 0 spiro atoms. The number of hydrogen-bond donors (Lipinski definition) is 0. The number of rotatable bonds is 4. The lowest BCUT2D eigenvalue weighted by molar-refractivity contribution is 0.0597. The van der Waals surface area contributed by atoms with Crippen molar-refractivity contribution in [3.8, 4) is 5.75 Å². The van der Waals surface area contributed by atoms with Gasteiger partial charge in [-0.2, -0.15) is 0 Å². The summed E-state index contributed by atoms with van der Waals surface area (Å²) in [5.41, 5.74) is 2.28. The van der Waals surface area contributed by atoms with Gasteiger partial charge in [-0.25, -0.2) is 0 Å². The van der Waals surface area contributed by atoms with Crippen molar-refractivity contribution in [2.45, 2.75) is 45.1 Å². The van der Waals surface area contributed by atoms with Crippen LogP contribution >= 0.6 is 0 Å². The Bertz CT molecular complexity index is 1120. The zero-order chi connectivity index (χ0) is 25.2. The maximum atomic E-state index is 13.7. The number of ether oxygens (including phenoxy) is 1. The van der Waals surface area contributed by atoms with Gasteiger partial charge in [0.05, 0.1) is 17.2 Å². The molecule has 0 N–H and O–H groups in total. The zero-order valence-corrected chi connectivity index (χ0v) is 21.0. The van der Waals surface area contributed by atoms with E-state index in [2.05, 4.69) is 17.1 Å². The molecule has 1 aliphatic rings. The Morgan fingerprint density at radius 3 is 2.44 bits per heavy atom. The number of carbonyl (C=O) groups is 2. The highest BCUT2D eigenvalue weighted by atomic mass is 16.5. The smallest absolute Gasteiger partial charge is 0.257 e. The van der Waals surface area contributed by atoms with Gasteiger partial charge in [-0.15, -0.1) is 0 Å². The van der Waals surface area contributed by atoms with Crippen LogP contribution in [-0.2, 0) is 6.42 Å². The van der Waals surface area contributed by atoms with Crippen molar-refractivity contribution in [3.05, 3.63) is 95.8 Å². The van der Waals surface area contributed by atoms with Crippen LogP contribution in [0.1, 0.15) is 58.9 Å². The fourth-order valence-electron chi connectivity index (χ4n) is 4.72. The summed E-state index contributed by atoms with van der Waals surface area (Å²) in [6, 6.07) is 21.0. The summed E-state index contributed by atoms with van der Waals surface area (Å²) in [4.78, 5) is 35.0. The van der Waals surface area contributed by atoms with Crippen molar-refractivity contribution in [2.75, 3.05) is 26.2 Å². The fourth-order valence-corrected chi connectivity index (χ4v) is 4.72. The molecule has 2 aromatic carbocycles. The van der Waals surface area contributed by atoms with E-state index in [1.807, 2.05) is 65.3 Å². The largest absolute Gasteiger partial charge is 0.491 e. The number of fused-ring (bicyclic) bond motifs is 1. The second-order valence-corrected chi connectivity index (χ2v) is 9.19. The van der Waals surface area contributed by atoms with Gasteiger partial charge in [-0.05, 0) is 56.0 Å². The average molecular weight is 486 g/mol. The van der Waals surface area contributed by atoms with Gasteiger partial charge in [-0.1, -0.05) is 55.3 Å². The first-order valence-electron chi connectivity index (χ1n) is 12.9. The molecule has 0 saturated heterocycles. The monoisotopic (exact) mass is 485 g/mol. The number of benzene rings is 2. The Morgan fingerprint density at radius 2 is 1.69 bits per heavy atom. The second kappa shape index (κ2) is 12.9. The molecule has 36 heavy (non-hydrogen) atoms. The number of pyridine rings is 1. The van der Waals surface area contributed by atoms with Crippen LogP contribution in [0.4, 0.5) is 0 Å². The van der Waals surface area contributed by atoms with Gasteiger partial charge < -0.3 is 14.5 Å². The standard InChI is InChI=1S/C30H35N3O3/c1-2-32-19-10-3-4-11-20-33(29(34)25-15-12-18-31-22-25)26(21-24-13-6-5-7-14-24)23-36-28-17-9-8-16-27(28)30(32)35/h5-9,12-18,22,26H,2-4,10-11,19-21,23H2,1H3/t26-/m0/s1. The lowest BCUT2D eigenvalue weighted by atomic mass is 10.0. The van der Waals surface area contributed by atoms with E-state index < -0.39 is 0 Å². The summed E-state index contributed by atoms with van der Waals surface area (Å²) in [6.45, 7) is 4.34. The molecule has 0 aliphatic carbocycles. The number of amides is 2. The van der Waals surface area contributed by atoms with Gasteiger partial charge in [0.2, 0.25) is 0 Å². The van der Waals surface area contributed by atoms with E-state index >= 15 is 0 Å². The molecule has 3 aromatic rings. The molecular formula is C30H35N3O3. The Morgan fingerprint density at radius 1 is 0.944 bits per heavy atom. The number of nitrogens with zero attached hydrogens (tertiary/aromatic N) is 3. The van der Waals surface area contributed by atoms with Gasteiger partial charge in [0.15, 0.2) is 0 Å². The van der Waals surface area contributed by atoms with Gasteiger partial charge >= 0.3 is 0 Å². The zero-order valence-electron chi connectivity index (χ0n) is 21.0. The Balaban J connectivity index is 1.68. The Labute approximate surface area is 213 Å². The summed E-state index contributed by atoms with van der Waals surface area (Å²) >= 11 is 0. The first-order valence-corrected chi connectivity index (χ1v) is 12.9. The predicted molar refractivity (Wildman–Crippen MR) is 141 cm³/mol. The van der Waals surface area contributed by atoms with Crippen LogP contribution in [0.2, 0.25) is 0 Å². The van der Waals surface area contributed by atoms with Gasteiger partial charge in [-0.3, -0.25) is 14.6 Å². The minimum Gasteiger partial charge on any atom is -0.491 e. The maximum absolute atomic E-state index is 13.7. The first-order chi connectivity index (χ1) is 17.7. The predicted octanol–water partition coefficient (Wildman–Crippen LogP) is 5.25. The summed E-state index contributed by atoms with van der Waals surface area (Å²) in [5.74, 6) is 0.513. The highest BCUT2D eigenvalue weighted by Gasteiger charge is 2.27. The molecule has 4 rings (SSSR count). The van der Waals surface area contributed by atoms with Crippen molar-refractivity contribution < 1.29 is 14.3 Å². The van der Waals surface area contributed by atoms with Crippen LogP contribution in [0.3, 0.4) is 0 Å². The second-order valence-electron chi connectivity index (χ2n) is 9.19. The van der Waals surface area contributed by atoms with Crippen LogP contribution < -0.4 is 4.74 Å². The molecular weight excluding hydrogens is 450 g/mol. The van der Waals surface area contributed by atoms with Gasteiger partial charge in [0.1, 0.15) is 12.4 Å². The molecule has 0 saturated carbocycles. The minimum atomic E-state index is -0.200. The van der Waals surface area contributed by atoms with Crippen molar-refractivity contribution in [3.63, 3.8) is 0 Å². The third-order valence-electron chi connectivity index (χ3n) is 6.72. The van der Waals surface area contributed by atoms with E-state index in [1.165, 1.54) is 0 Å². The molecule has 6 nitrogen and oxygen atoms in total. The van der Waals surface area contributed by atoms with Crippen molar-refractivity contribution >= 4 is 11.8 Å². The Kier molecular flexibility index (Phi) is 9.09. The Hall–Kier alpha value is -3.67. The van der Waals surface area contributed by atoms with E-state index in [0.29, 0.717) is 36.4 Å². The highest BCUT2D eigenvalue weighted by molar-refractivity contribution is 5.97. The SMILES string of the molecule is CCN1CCCCCCN(C(=O)c2cccnc2)[C@@H](Cc2ccccc2)COc2ccccc2C1=O. The van der Waals surface area contributed by atoms with E-state index in [1.54, 1.807) is 18.5 Å². The van der Waals surface area contributed by atoms with Gasteiger partial charge in [0.25, 0.3) is 11.8 Å². The minimum absolute atomic E-state index is 0.00642. The maximum Gasteiger partial charge on any atom is 0.257 e. The third-order valence-corrected chi connectivity index (χ3v) is 6.72. The number of aromatic nitrogens is 1. The summed E-state index contributed by atoms with van der Waals surface area (Å²) in [6.07, 6.45) is 7.81. The van der Waals surface area contributed by atoms with Crippen LogP contribution in [-0.4, -0.2) is 58.9 Å². The molecule has 0 unspecified atom stereocenters. The average Bonchev–Trinajstić information content (AvgIpc) is 2.93. The summed E-state index contributed by atoms with van der Waals surface area (Å²) in [7, 11) is 0. The lowest BCUT2D eigenvalue weighted by Gasteiger charge is -2.33. The van der Waals surface area contributed by atoms with E-state index in [4.69, 9.17) is 4.74 Å². The van der Waals surface area contributed by atoms with Gasteiger partial charge in [0, 0.05) is 32.0 Å². The van der Waals surface area contributed by atoms with Crippen molar-refractivity contribution in [1.29, 1.82) is 0 Å². The highest BCUT2D eigenvalue weighted by Crippen LogP contribution is 2.23. The number of carbonyl (C=O) groups excluding carboxylic acids is 2. The van der Waals surface area contributed by atoms with E-state index in [0.717, 1.165) is 37.8 Å². The van der Waals surface area contributed by atoms with Crippen molar-refractivity contribution in [2.24, 2.45) is 0 Å². The van der Waals surface area contributed by atoms with E-state index in [9.17, 15) is 9.59 Å². The molecule has 0 radical (unpaired) electrons. The molecule has 6 heteroatoms. The topological polar surface area (TPSA) is 62.7 Å². The van der Waals surface area contributed by atoms with Crippen LogP contribution in [0, 0.1) is 0 Å². The molecule has 188 valence electrons. The molecule has 1 aliphatic heterocycles. The van der Waals surface area contributed by atoms with Crippen molar-refractivity contribution in [1.82, 2.24) is 14.8 Å². The summed E-state index contributed by atoms with van der Waals surface area (Å²) in [5, 5.41) is 0. The summed E-state index contributed by atoms with van der Waals surface area (Å²) < 4.78 is 6.34. The normalized spacial score (nSPS) is 17.6. The van der Waals surface area contributed by atoms with E-state index in [-0.39, 0.29) is 24.5 Å². The molecule has 0 bridgehead atoms. The molecule has 1 atom stereocenters. The first kappa shape index (κ1) is 25.4. The fraction of sp³-hybridized carbons (Fsp3) is 0.367. The van der Waals surface area contributed by atoms with Crippen LogP contribution in [0.15, 0.2) is 79.1 Å². The molecule has 2 amide bonds. The van der Waals surface area contributed by atoms with Crippen LogP contribution in [0.5, 0.6) is 5.75 Å². The third kappa shape index (κ3) is 6.51. The number of para-hydroxylation sites is 1. The number of hydrogen-bond acceptors (Lipinski definition) is 4.